The molecule has 0 N–H and O–H groups in total. The SMILES string of the molecule is Cc1c(C#N)ncc(CCl)c1C(F)F. The number of aromatic nitrogens is 1. The van der Waals surface area contributed by atoms with E-state index < -0.39 is 6.43 Å². The largest absolute Gasteiger partial charge is 0.264 e. The lowest BCUT2D eigenvalue weighted by molar-refractivity contribution is 0.149. The summed E-state index contributed by atoms with van der Waals surface area (Å²) in [6.45, 7) is 1.45. The standard InChI is InChI=1S/C9H7ClF2N2/c1-5-7(3-13)14-4-6(2-10)8(5)9(11)12/h4,9H,2H2,1H3. The molecule has 0 radical (unpaired) electrons. The Morgan fingerprint density at radius 2 is 2.29 bits per heavy atom. The minimum Gasteiger partial charge on any atom is -0.245 e. The number of rotatable bonds is 2. The second-order valence-electron chi connectivity index (χ2n) is 2.72. The second kappa shape index (κ2) is 4.34. The van der Waals surface area contributed by atoms with Gasteiger partial charge in [-0.25, -0.2) is 13.8 Å². The van der Waals surface area contributed by atoms with E-state index in [1.807, 2.05) is 0 Å². The minimum atomic E-state index is -2.63. The van der Waals surface area contributed by atoms with E-state index in [0.29, 0.717) is 0 Å². The first-order chi connectivity index (χ1) is 6.61. The topological polar surface area (TPSA) is 36.7 Å². The molecule has 0 bridgehead atoms. The first-order valence-electron chi connectivity index (χ1n) is 3.84. The molecule has 0 aliphatic carbocycles. The summed E-state index contributed by atoms with van der Waals surface area (Å²) in [5, 5.41) is 8.60. The van der Waals surface area contributed by atoms with Gasteiger partial charge in [-0.2, -0.15) is 5.26 Å². The lowest BCUT2D eigenvalue weighted by Crippen LogP contribution is -2.01. The molecule has 1 heterocycles. The average molecular weight is 217 g/mol. The fourth-order valence-corrected chi connectivity index (χ4v) is 1.41. The smallest absolute Gasteiger partial charge is 0.245 e. The van der Waals surface area contributed by atoms with Crippen LogP contribution in [0, 0.1) is 18.3 Å². The first kappa shape index (κ1) is 10.9. The molecule has 0 unspecified atom stereocenters. The van der Waals surface area contributed by atoms with Crippen molar-refractivity contribution in [3.05, 3.63) is 28.6 Å². The van der Waals surface area contributed by atoms with Crippen LogP contribution in [0.15, 0.2) is 6.20 Å². The molecule has 0 aliphatic heterocycles. The number of halogens is 3. The maximum Gasteiger partial charge on any atom is 0.264 e. The summed E-state index contributed by atoms with van der Waals surface area (Å²) < 4.78 is 25.2. The van der Waals surface area contributed by atoms with E-state index in [4.69, 9.17) is 16.9 Å². The van der Waals surface area contributed by atoms with Crippen molar-refractivity contribution in [3.8, 4) is 6.07 Å². The van der Waals surface area contributed by atoms with Crippen LogP contribution >= 0.6 is 11.6 Å². The second-order valence-corrected chi connectivity index (χ2v) is 2.98. The van der Waals surface area contributed by atoms with Gasteiger partial charge in [-0.1, -0.05) is 0 Å². The molecule has 1 aromatic rings. The fourth-order valence-electron chi connectivity index (χ4n) is 1.20. The van der Waals surface area contributed by atoms with Crippen molar-refractivity contribution in [3.63, 3.8) is 0 Å². The molecule has 0 amide bonds. The van der Waals surface area contributed by atoms with E-state index in [0.717, 1.165) is 0 Å². The van der Waals surface area contributed by atoms with Crippen LogP contribution in [0.5, 0.6) is 0 Å². The number of nitrogens with zero attached hydrogens (tertiary/aromatic N) is 2. The summed E-state index contributed by atoms with van der Waals surface area (Å²) in [6, 6.07) is 1.75. The molecule has 74 valence electrons. The van der Waals surface area contributed by atoms with Crippen LogP contribution in [-0.4, -0.2) is 4.98 Å². The monoisotopic (exact) mass is 216 g/mol. The summed E-state index contributed by atoms with van der Waals surface area (Å²) in [7, 11) is 0. The molecular weight excluding hydrogens is 210 g/mol. The maximum atomic E-state index is 12.6. The Hall–Kier alpha value is -1.21. The summed E-state index contributed by atoms with van der Waals surface area (Å²) in [4.78, 5) is 3.73. The van der Waals surface area contributed by atoms with Gasteiger partial charge < -0.3 is 0 Å². The molecule has 0 aliphatic rings. The van der Waals surface area contributed by atoms with Gasteiger partial charge in [-0.05, 0) is 18.1 Å². The highest BCUT2D eigenvalue weighted by Crippen LogP contribution is 2.28. The average Bonchev–Trinajstić information content (AvgIpc) is 2.16. The van der Waals surface area contributed by atoms with Gasteiger partial charge in [-0.3, -0.25) is 0 Å². The lowest BCUT2D eigenvalue weighted by atomic mass is 10.0. The fraction of sp³-hybridized carbons (Fsp3) is 0.333. The molecular formula is C9H7ClF2N2. The molecule has 0 spiro atoms. The van der Waals surface area contributed by atoms with Crippen LogP contribution in [0.3, 0.4) is 0 Å². The van der Waals surface area contributed by atoms with Gasteiger partial charge in [0.1, 0.15) is 11.8 Å². The summed E-state index contributed by atoms with van der Waals surface area (Å²) in [5.74, 6) is -0.0285. The molecule has 14 heavy (non-hydrogen) atoms. The van der Waals surface area contributed by atoms with Crippen molar-refractivity contribution in [1.82, 2.24) is 4.98 Å². The van der Waals surface area contributed by atoms with Crippen molar-refractivity contribution in [2.45, 2.75) is 19.2 Å². The summed E-state index contributed by atoms with van der Waals surface area (Å²) in [6.07, 6.45) is -1.40. The Morgan fingerprint density at radius 3 is 2.71 bits per heavy atom. The molecule has 1 rings (SSSR count). The van der Waals surface area contributed by atoms with Gasteiger partial charge in [-0.15, -0.1) is 11.6 Å². The minimum absolute atomic E-state index is 0.0224. The third kappa shape index (κ3) is 1.83. The molecule has 1 aromatic heterocycles. The Bertz CT molecular complexity index is 385. The van der Waals surface area contributed by atoms with Crippen molar-refractivity contribution < 1.29 is 8.78 Å². The zero-order valence-electron chi connectivity index (χ0n) is 7.39. The number of hydrogen-bond acceptors (Lipinski definition) is 2. The quantitative estimate of drug-likeness (QED) is 0.713. The predicted molar refractivity (Wildman–Crippen MR) is 48.2 cm³/mol. The van der Waals surface area contributed by atoms with Gasteiger partial charge in [0.05, 0.1) is 0 Å². The predicted octanol–water partition coefficient (Wildman–Crippen LogP) is 2.94. The zero-order valence-corrected chi connectivity index (χ0v) is 8.15. The number of nitriles is 1. The molecule has 0 saturated heterocycles. The third-order valence-corrected chi connectivity index (χ3v) is 2.21. The van der Waals surface area contributed by atoms with Crippen LogP contribution in [0.2, 0.25) is 0 Å². The van der Waals surface area contributed by atoms with Crippen LogP contribution in [0.25, 0.3) is 0 Å². The van der Waals surface area contributed by atoms with Crippen LogP contribution < -0.4 is 0 Å². The van der Waals surface area contributed by atoms with Gasteiger partial charge in [0.2, 0.25) is 0 Å². The normalized spacial score (nSPS) is 10.3. The maximum absolute atomic E-state index is 12.6. The lowest BCUT2D eigenvalue weighted by Gasteiger charge is -2.09. The van der Waals surface area contributed by atoms with Crippen LogP contribution in [0.1, 0.15) is 28.8 Å². The van der Waals surface area contributed by atoms with Crippen molar-refractivity contribution >= 4 is 11.6 Å². The Morgan fingerprint density at radius 1 is 1.64 bits per heavy atom. The van der Waals surface area contributed by atoms with Crippen LogP contribution in [0.4, 0.5) is 8.78 Å². The molecule has 5 heteroatoms. The van der Waals surface area contributed by atoms with Crippen molar-refractivity contribution in [2.75, 3.05) is 0 Å². The molecule has 0 atom stereocenters. The Kier molecular flexibility index (Phi) is 3.37. The Labute approximate surface area is 85.1 Å². The van der Waals surface area contributed by atoms with E-state index in [2.05, 4.69) is 4.98 Å². The Balaban J connectivity index is 3.41. The van der Waals surface area contributed by atoms with Gasteiger partial charge in [0, 0.05) is 17.6 Å². The van der Waals surface area contributed by atoms with Gasteiger partial charge >= 0.3 is 0 Å². The van der Waals surface area contributed by atoms with E-state index in [1.54, 1.807) is 6.07 Å². The highest BCUT2D eigenvalue weighted by Gasteiger charge is 2.18. The third-order valence-electron chi connectivity index (χ3n) is 1.92. The summed E-state index contributed by atoms with van der Waals surface area (Å²) >= 11 is 5.49. The highest BCUT2D eigenvalue weighted by atomic mass is 35.5. The molecule has 0 saturated carbocycles. The first-order valence-corrected chi connectivity index (χ1v) is 4.37. The van der Waals surface area contributed by atoms with Crippen molar-refractivity contribution in [2.24, 2.45) is 0 Å². The molecule has 0 aromatic carbocycles. The van der Waals surface area contributed by atoms with E-state index in [9.17, 15) is 8.78 Å². The number of hydrogen-bond donors (Lipinski definition) is 0. The zero-order chi connectivity index (χ0) is 10.7. The van der Waals surface area contributed by atoms with Gasteiger partial charge in [0.25, 0.3) is 6.43 Å². The van der Waals surface area contributed by atoms with E-state index >= 15 is 0 Å². The van der Waals surface area contributed by atoms with Gasteiger partial charge in [0.15, 0.2) is 0 Å². The van der Waals surface area contributed by atoms with E-state index in [-0.39, 0.29) is 28.3 Å². The van der Waals surface area contributed by atoms with E-state index in [1.165, 1.54) is 13.1 Å². The number of pyridine rings is 1. The van der Waals surface area contributed by atoms with Crippen molar-refractivity contribution in [1.29, 1.82) is 5.26 Å². The van der Waals surface area contributed by atoms with Crippen LogP contribution in [-0.2, 0) is 5.88 Å². The highest BCUT2D eigenvalue weighted by molar-refractivity contribution is 6.17. The number of alkyl halides is 3. The molecule has 2 nitrogen and oxygen atoms in total. The summed E-state index contributed by atoms with van der Waals surface area (Å²) in [5.41, 5.74) is 0.333. The molecule has 0 fully saturated rings.